The van der Waals surface area contributed by atoms with Gasteiger partial charge in [0, 0.05) is 11.1 Å². The van der Waals surface area contributed by atoms with Gasteiger partial charge >= 0.3 is 0 Å². The van der Waals surface area contributed by atoms with Crippen molar-refractivity contribution in [3.05, 3.63) is 34.0 Å². The van der Waals surface area contributed by atoms with Gasteiger partial charge in [-0.15, -0.1) is 0 Å². The highest BCUT2D eigenvalue weighted by Gasteiger charge is 2.26. The highest BCUT2D eigenvalue weighted by Crippen LogP contribution is 2.33. The van der Waals surface area contributed by atoms with Crippen molar-refractivity contribution in [3.8, 4) is 0 Å². The molecule has 0 radical (unpaired) electrons. The first-order valence-corrected chi connectivity index (χ1v) is 5.38. The summed E-state index contributed by atoms with van der Waals surface area (Å²) < 4.78 is 13.9. The van der Waals surface area contributed by atoms with E-state index in [-0.39, 0.29) is 23.1 Å². The molecule has 0 aromatic rings. The summed E-state index contributed by atoms with van der Waals surface area (Å²) in [5.41, 5.74) is 1.37. The van der Waals surface area contributed by atoms with Crippen molar-refractivity contribution < 1.29 is 4.39 Å². The summed E-state index contributed by atoms with van der Waals surface area (Å²) in [6.07, 6.45) is 1.49. The molecule has 1 rings (SSSR count). The molecule has 1 aliphatic carbocycles. The first-order valence-electron chi connectivity index (χ1n) is 5.38. The van der Waals surface area contributed by atoms with E-state index in [0.717, 1.165) is 5.57 Å². The smallest absolute Gasteiger partial charge is 0.141 e. The van der Waals surface area contributed by atoms with Crippen molar-refractivity contribution in [1.29, 1.82) is 5.41 Å². The predicted molar refractivity (Wildman–Crippen MR) is 65.5 cm³/mol. The Hall–Kier alpha value is -1.47. The number of nitrogens with zero attached hydrogens (tertiary/aromatic N) is 1. The Balaban J connectivity index is 3.39. The average Bonchev–Trinajstić information content (AvgIpc) is 2.16. The number of allylic oxidation sites excluding steroid dienone is 5. The second-order valence-corrected chi connectivity index (χ2v) is 4.54. The summed E-state index contributed by atoms with van der Waals surface area (Å²) in [5, 5.41) is 16.8. The van der Waals surface area contributed by atoms with Crippen LogP contribution in [0.4, 0.5) is 4.39 Å². The zero-order valence-corrected chi connectivity index (χ0v) is 10.1. The molecule has 0 heterocycles. The first-order chi connectivity index (χ1) is 7.40. The van der Waals surface area contributed by atoms with Gasteiger partial charge in [-0.1, -0.05) is 27.7 Å². The van der Waals surface area contributed by atoms with Gasteiger partial charge in [0.05, 0.1) is 5.71 Å². The molecule has 0 atom stereocenters. The summed E-state index contributed by atoms with van der Waals surface area (Å²) >= 11 is 0. The number of halogens is 1. The van der Waals surface area contributed by atoms with E-state index in [1.54, 1.807) is 0 Å². The predicted octanol–water partition coefficient (Wildman–Crippen LogP) is 3.65. The molecule has 0 aliphatic heterocycles. The normalized spacial score (nSPS) is 17.1. The second kappa shape index (κ2) is 4.58. The molecule has 0 spiro atoms. The highest BCUT2D eigenvalue weighted by molar-refractivity contribution is 6.14. The standard InChI is InChI=1S/C13H16FN2/c1-7(2)10-5-9(6-15)12(14)11(8(3)4)13(10)16/h5,7-8,16H,1-4H3/q-1. The highest BCUT2D eigenvalue weighted by atomic mass is 19.1. The zero-order valence-electron chi connectivity index (χ0n) is 10.1. The Morgan fingerprint density at radius 3 is 2.19 bits per heavy atom. The third-order valence-electron chi connectivity index (χ3n) is 2.65. The lowest BCUT2D eigenvalue weighted by Crippen LogP contribution is -2.19. The van der Waals surface area contributed by atoms with Crippen LogP contribution < -0.4 is 0 Å². The quantitative estimate of drug-likeness (QED) is 0.689. The molecule has 0 bridgehead atoms. The fourth-order valence-corrected chi connectivity index (χ4v) is 1.78. The Kier molecular flexibility index (Phi) is 3.61. The van der Waals surface area contributed by atoms with Crippen molar-refractivity contribution in [2.45, 2.75) is 27.7 Å². The lowest BCUT2D eigenvalue weighted by Gasteiger charge is -2.24. The van der Waals surface area contributed by atoms with Gasteiger partial charge in [-0.05, 0) is 23.5 Å². The number of nitrogens with one attached hydrogen (secondary N) is 1. The first kappa shape index (κ1) is 12.6. The van der Waals surface area contributed by atoms with Gasteiger partial charge < -0.3 is 10.8 Å². The summed E-state index contributed by atoms with van der Waals surface area (Å²) in [4.78, 5) is 0. The van der Waals surface area contributed by atoms with E-state index in [2.05, 4.69) is 0 Å². The van der Waals surface area contributed by atoms with Crippen LogP contribution in [-0.4, -0.2) is 11.6 Å². The van der Waals surface area contributed by atoms with Crippen molar-refractivity contribution in [2.75, 3.05) is 0 Å². The van der Waals surface area contributed by atoms with Gasteiger partial charge in [-0.3, -0.25) is 5.87 Å². The minimum absolute atomic E-state index is 0.0448. The van der Waals surface area contributed by atoms with Crippen LogP contribution in [0.25, 0.3) is 5.41 Å². The average molecular weight is 219 g/mol. The van der Waals surface area contributed by atoms with Gasteiger partial charge in [0.25, 0.3) is 0 Å². The zero-order chi connectivity index (χ0) is 12.5. The number of rotatable bonds is 2. The summed E-state index contributed by atoms with van der Waals surface area (Å²) in [6, 6.07) is 0. The molecular weight excluding hydrogens is 203 g/mol. The maximum atomic E-state index is 13.9. The molecule has 0 saturated carbocycles. The molecule has 0 aromatic carbocycles. The van der Waals surface area contributed by atoms with E-state index in [1.807, 2.05) is 33.6 Å². The maximum Gasteiger partial charge on any atom is 0.141 e. The van der Waals surface area contributed by atoms with Crippen LogP contribution >= 0.6 is 0 Å². The van der Waals surface area contributed by atoms with E-state index >= 15 is 0 Å². The van der Waals surface area contributed by atoms with E-state index in [9.17, 15) is 4.39 Å². The fraction of sp³-hybridized carbons (Fsp3) is 0.462. The summed E-state index contributed by atoms with van der Waals surface area (Å²) in [5.74, 6) is 1.36. The monoisotopic (exact) mass is 219 g/mol. The molecule has 16 heavy (non-hydrogen) atoms. The SMILES string of the molecule is CC(C)C1=CC(=C=[N-])C(F)=C(C(C)C)C1=N. The van der Waals surface area contributed by atoms with Crippen LogP contribution in [0.15, 0.2) is 28.6 Å². The Morgan fingerprint density at radius 2 is 1.81 bits per heavy atom. The molecule has 0 amide bonds. The van der Waals surface area contributed by atoms with Crippen LogP contribution in [0.3, 0.4) is 0 Å². The summed E-state index contributed by atoms with van der Waals surface area (Å²) in [6.45, 7) is 7.55. The lowest BCUT2D eigenvalue weighted by atomic mass is 9.82. The van der Waals surface area contributed by atoms with Crippen molar-refractivity contribution in [2.24, 2.45) is 11.8 Å². The Labute approximate surface area is 95.6 Å². The molecule has 0 unspecified atom stereocenters. The Morgan fingerprint density at radius 1 is 1.25 bits per heavy atom. The molecule has 1 N–H and O–H groups in total. The molecule has 1 aliphatic rings. The van der Waals surface area contributed by atoms with Crippen LogP contribution in [0.2, 0.25) is 0 Å². The van der Waals surface area contributed by atoms with Gasteiger partial charge in [0.1, 0.15) is 5.83 Å². The summed E-state index contributed by atoms with van der Waals surface area (Å²) in [7, 11) is 0. The lowest BCUT2D eigenvalue weighted by molar-refractivity contribution is 0.620. The van der Waals surface area contributed by atoms with Crippen molar-refractivity contribution >= 4 is 11.6 Å². The maximum absolute atomic E-state index is 13.9. The molecule has 3 heteroatoms. The Bertz CT molecular complexity index is 433. The minimum atomic E-state index is -0.535. The fourth-order valence-electron chi connectivity index (χ4n) is 1.78. The van der Waals surface area contributed by atoms with Gasteiger partial charge in [-0.25, -0.2) is 4.39 Å². The van der Waals surface area contributed by atoms with Crippen LogP contribution in [-0.2, 0) is 0 Å². The van der Waals surface area contributed by atoms with Crippen LogP contribution in [0, 0.1) is 17.2 Å². The number of hydrogen-bond acceptors (Lipinski definition) is 1. The van der Waals surface area contributed by atoms with Gasteiger partial charge in [0.2, 0.25) is 0 Å². The van der Waals surface area contributed by atoms with Crippen molar-refractivity contribution in [1.82, 2.24) is 0 Å². The van der Waals surface area contributed by atoms with Crippen LogP contribution in [0.1, 0.15) is 27.7 Å². The second-order valence-electron chi connectivity index (χ2n) is 4.54. The van der Waals surface area contributed by atoms with Gasteiger partial charge in [0.15, 0.2) is 0 Å². The molecule has 0 saturated heterocycles. The molecular formula is C13H16FN2-. The van der Waals surface area contributed by atoms with Gasteiger partial charge in [-0.2, -0.15) is 0 Å². The van der Waals surface area contributed by atoms with E-state index in [4.69, 9.17) is 10.8 Å². The van der Waals surface area contributed by atoms with E-state index < -0.39 is 5.83 Å². The molecule has 86 valence electrons. The largest absolute Gasteiger partial charge is 0.763 e. The third kappa shape index (κ3) is 2.05. The van der Waals surface area contributed by atoms with E-state index in [1.165, 1.54) is 6.08 Å². The molecule has 0 aromatic heterocycles. The minimum Gasteiger partial charge on any atom is -0.763 e. The number of hydrogen-bond donors (Lipinski definition) is 1. The molecule has 2 nitrogen and oxygen atoms in total. The topological polar surface area (TPSA) is 46.2 Å². The van der Waals surface area contributed by atoms with Crippen molar-refractivity contribution in [3.63, 3.8) is 0 Å². The van der Waals surface area contributed by atoms with Crippen LogP contribution in [0.5, 0.6) is 0 Å². The third-order valence-corrected chi connectivity index (χ3v) is 2.65. The molecule has 0 fully saturated rings. The van der Waals surface area contributed by atoms with E-state index in [0.29, 0.717) is 5.57 Å².